The van der Waals surface area contributed by atoms with Gasteiger partial charge in [-0.25, -0.2) is 4.98 Å². The maximum Gasteiger partial charge on any atom is 0.261 e. The first kappa shape index (κ1) is 20.7. The second-order valence-corrected chi connectivity index (χ2v) is 7.63. The molecule has 7 nitrogen and oxygen atoms in total. The van der Waals surface area contributed by atoms with Crippen LogP contribution in [0.5, 0.6) is 5.75 Å². The third kappa shape index (κ3) is 4.32. The van der Waals surface area contributed by atoms with E-state index < -0.39 is 0 Å². The minimum atomic E-state index is -0.241. The van der Waals surface area contributed by atoms with E-state index in [-0.39, 0.29) is 11.7 Å². The normalized spacial score (nSPS) is 12.5. The number of benzene rings is 2. The van der Waals surface area contributed by atoms with Gasteiger partial charge in [0.1, 0.15) is 17.1 Å². The molecule has 0 aliphatic carbocycles. The molecule has 1 aliphatic heterocycles. The highest BCUT2D eigenvalue weighted by Gasteiger charge is 2.24. The van der Waals surface area contributed by atoms with Crippen LogP contribution in [0.15, 0.2) is 48.7 Å². The molecule has 1 amide bonds. The van der Waals surface area contributed by atoms with Gasteiger partial charge in [-0.1, -0.05) is 26.0 Å². The lowest BCUT2D eigenvalue weighted by atomic mass is 10.1. The summed E-state index contributed by atoms with van der Waals surface area (Å²) in [6.07, 6.45) is 1.65. The molecule has 7 heteroatoms. The van der Waals surface area contributed by atoms with Crippen molar-refractivity contribution in [2.45, 2.75) is 27.3 Å². The number of nitrogens with zero attached hydrogens (tertiary/aromatic N) is 2. The third-order valence-corrected chi connectivity index (χ3v) is 5.55. The molecule has 0 spiro atoms. The van der Waals surface area contributed by atoms with E-state index in [2.05, 4.69) is 45.7 Å². The third-order valence-electron chi connectivity index (χ3n) is 5.55. The van der Waals surface area contributed by atoms with E-state index >= 15 is 0 Å². The molecule has 2 heterocycles. The Hall–Kier alpha value is -3.58. The summed E-state index contributed by atoms with van der Waals surface area (Å²) in [5.41, 5.74) is 5.38. The van der Waals surface area contributed by atoms with Gasteiger partial charge < -0.3 is 21.1 Å². The van der Waals surface area contributed by atoms with Crippen LogP contribution in [0.3, 0.4) is 0 Å². The Labute approximate surface area is 182 Å². The number of carbonyl (C=O) groups excluding carboxylic acids is 1. The summed E-state index contributed by atoms with van der Waals surface area (Å²) in [6, 6.07) is 12.9. The maximum atomic E-state index is 13.2. The minimum absolute atomic E-state index is 0.156. The SMILES string of the molecule is CCN(CC)Cc1ccc2c(c1)NC(=O)c1c(Nc3cc(O)ccc3C)ccnc1N2. The Bertz CT molecular complexity index is 1120. The predicted octanol–water partition coefficient (Wildman–Crippen LogP) is 4.99. The van der Waals surface area contributed by atoms with Crippen molar-refractivity contribution >= 4 is 34.5 Å². The molecule has 4 rings (SSSR count). The van der Waals surface area contributed by atoms with Gasteiger partial charge in [-0.3, -0.25) is 9.69 Å². The summed E-state index contributed by atoms with van der Waals surface area (Å²) in [5, 5.41) is 19.4. The van der Waals surface area contributed by atoms with Gasteiger partial charge in [-0.15, -0.1) is 0 Å². The first-order chi connectivity index (χ1) is 15.0. The van der Waals surface area contributed by atoms with Crippen LogP contribution < -0.4 is 16.0 Å². The van der Waals surface area contributed by atoms with E-state index in [4.69, 9.17) is 0 Å². The van der Waals surface area contributed by atoms with Crippen molar-refractivity contribution < 1.29 is 9.90 Å². The van der Waals surface area contributed by atoms with Crippen LogP contribution in [0.25, 0.3) is 0 Å². The number of rotatable bonds is 6. The van der Waals surface area contributed by atoms with E-state index in [1.165, 1.54) is 0 Å². The fraction of sp³-hybridized carbons (Fsp3) is 0.250. The van der Waals surface area contributed by atoms with Crippen molar-refractivity contribution in [1.29, 1.82) is 0 Å². The minimum Gasteiger partial charge on any atom is -0.508 e. The molecule has 0 fully saturated rings. The smallest absolute Gasteiger partial charge is 0.261 e. The summed E-state index contributed by atoms with van der Waals surface area (Å²) in [7, 11) is 0. The number of anilines is 5. The highest BCUT2D eigenvalue weighted by molar-refractivity contribution is 6.15. The molecule has 2 aromatic carbocycles. The van der Waals surface area contributed by atoms with Crippen molar-refractivity contribution in [3.63, 3.8) is 0 Å². The number of nitrogens with one attached hydrogen (secondary N) is 3. The number of hydrogen-bond acceptors (Lipinski definition) is 6. The van der Waals surface area contributed by atoms with Gasteiger partial charge in [0.25, 0.3) is 5.91 Å². The summed E-state index contributed by atoms with van der Waals surface area (Å²) in [5.74, 6) is 0.397. The topological polar surface area (TPSA) is 89.5 Å². The van der Waals surface area contributed by atoms with Crippen molar-refractivity contribution in [3.8, 4) is 5.75 Å². The van der Waals surface area contributed by atoms with Crippen LogP contribution in [0.1, 0.15) is 35.3 Å². The van der Waals surface area contributed by atoms with Crippen LogP contribution in [0.4, 0.5) is 28.6 Å². The van der Waals surface area contributed by atoms with Gasteiger partial charge in [0.2, 0.25) is 0 Å². The van der Waals surface area contributed by atoms with Crippen molar-refractivity contribution in [1.82, 2.24) is 9.88 Å². The largest absolute Gasteiger partial charge is 0.508 e. The predicted molar refractivity (Wildman–Crippen MR) is 125 cm³/mol. The summed E-state index contributed by atoms with van der Waals surface area (Å²) in [4.78, 5) is 19.9. The van der Waals surface area contributed by atoms with Gasteiger partial charge in [-0.2, -0.15) is 0 Å². The number of phenolic OH excluding ortho intramolecular Hbond substituents is 1. The average Bonchev–Trinajstić information content (AvgIpc) is 2.90. The standard InChI is InChI=1S/C24H27N5O2/c1-4-29(5-2)14-16-7-9-18-21(12-16)28-24(31)22-19(10-11-25-23(22)27-18)26-20-13-17(30)8-6-15(20)3/h6-13,30H,4-5,14H2,1-3H3,(H,28,31)(H2,25,26,27). The fourth-order valence-electron chi connectivity index (χ4n) is 3.70. The lowest BCUT2D eigenvalue weighted by molar-refractivity contribution is 0.102. The van der Waals surface area contributed by atoms with E-state index in [9.17, 15) is 9.90 Å². The molecule has 31 heavy (non-hydrogen) atoms. The number of hydrogen-bond donors (Lipinski definition) is 4. The molecular formula is C24H27N5O2. The number of fused-ring (bicyclic) bond motifs is 2. The second-order valence-electron chi connectivity index (χ2n) is 7.63. The summed E-state index contributed by atoms with van der Waals surface area (Å²) < 4.78 is 0. The van der Waals surface area contributed by atoms with Crippen molar-refractivity contribution in [2.24, 2.45) is 0 Å². The van der Waals surface area contributed by atoms with Crippen LogP contribution in [0.2, 0.25) is 0 Å². The zero-order chi connectivity index (χ0) is 22.0. The number of aromatic hydroxyl groups is 1. The average molecular weight is 418 g/mol. The van der Waals surface area contributed by atoms with Gasteiger partial charge in [0.05, 0.1) is 17.1 Å². The number of phenols is 1. The van der Waals surface area contributed by atoms with E-state index in [0.29, 0.717) is 17.1 Å². The van der Waals surface area contributed by atoms with Crippen LogP contribution in [0, 0.1) is 6.92 Å². The first-order valence-corrected chi connectivity index (χ1v) is 10.5. The number of pyridine rings is 1. The van der Waals surface area contributed by atoms with Crippen LogP contribution in [-0.2, 0) is 6.54 Å². The first-order valence-electron chi connectivity index (χ1n) is 10.5. The molecule has 4 N–H and O–H groups in total. The molecule has 3 aromatic rings. The van der Waals surface area contributed by atoms with E-state index in [0.717, 1.165) is 47.8 Å². The van der Waals surface area contributed by atoms with Gasteiger partial charge >= 0.3 is 0 Å². The number of carbonyl (C=O) groups is 1. The Morgan fingerprint density at radius 1 is 1.00 bits per heavy atom. The fourth-order valence-corrected chi connectivity index (χ4v) is 3.70. The molecule has 0 atom stereocenters. The highest BCUT2D eigenvalue weighted by Crippen LogP contribution is 2.36. The van der Waals surface area contributed by atoms with E-state index in [1.54, 1.807) is 24.4 Å². The Morgan fingerprint density at radius 2 is 1.81 bits per heavy atom. The number of aryl methyl sites for hydroxylation is 1. The molecule has 0 unspecified atom stereocenters. The summed E-state index contributed by atoms with van der Waals surface area (Å²) >= 11 is 0. The van der Waals surface area contributed by atoms with Crippen LogP contribution in [-0.4, -0.2) is 34.0 Å². The Morgan fingerprint density at radius 3 is 2.58 bits per heavy atom. The zero-order valence-electron chi connectivity index (χ0n) is 18.0. The van der Waals surface area contributed by atoms with Crippen LogP contribution >= 0.6 is 0 Å². The zero-order valence-corrected chi connectivity index (χ0v) is 18.0. The molecule has 0 saturated carbocycles. The molecule has 0 saturated heterocycles. The summed E-state index contributed by atoms with van der Waals surface area (Å²) in [6.45, 7) is 8.98. The molecule has 160 valence electrons. The lowest BCUT2D eigenvalue weighted by Crippen LogP contribution is -2.22. The molecule has 0 bridgehead atoms. The Balaban J connectivity index is 1.67. The second kappa shape index (κ2) is 8.65. The van der Waals surface area contributed by atoms with Gasteiger partial charge in [0.15, 0.2) is 0 Å². The molecule has 1 aliphatic rings. The lowest BCUT2D eigenvalue weighted by Gasteiger charge is -2.19. The Kier molecular flexibility index (Phi) is 5.77. The monoisotopic (exact) mass is 417 g/mol. The molecular weight excluding hydrogens is 390 g/mol. The van der Waals surface area contributed by atoms with E-state index in [1.807, 2.05) is 25.1 Å². The highest BCUT2D eigenvalue weighted by atomic mass is 16.3. The van der Waals surface area contributed by atoms with Crippen molar-refractivity contribution in [3.05, 3.63) is 65.4 Å². The molecule has 0 radical (unpaired) electrons. The van der Waals surface area contributed by atoms with Crippen molar-refractivity contribution in [2.75, 3.05) is 29.0 Å². The maximum absolute atomic E-state index is 13.2. The van der Waals surface area contributed by atoms with Gasteiger partial charge in [0, 0.05) is 24.5 Å². The number of aromatic nitrogens is 1. The quantitative estimate of drug-likeness (QED) is 0.452. The van der Waals surface area contributed by atoms with Gasteiger partial charge in [-0.05, 0) is 55.4 Å². The number of amides is 1. The molecule has 1 aromatic heterocycles.